The summed E-state index contributed by atoms with van der Waals surface area (Å²) in [6, 6.07) is 7.37. The molecule has 5 heteroatoms. The summed E-state index contributed by atoms with van der Waals surface area (Å²) < 4.78 is 12.3. The number of methoxy groups -OCH3 is 2. The van der Waals surface area contributed by atoms with Crippen LogP contribution in [-0.2, 0) is 13.5 Å². The molecular weight excluding hydrogens is 256 g/mol. The first kappa shape index (κ1) is 14.4. The van der Waals surface area contributed by atoms with Gasteiger partial charge in [0.1, 0.15) is 11.5 Å². The van der Waals surface area contributed by atoms with Crippen LogP contribution in [-0.4, -0.2) is 29.1 Å². The number of nitrogens with zero attached hydrogens (tertiary/aromatic N) is 2. The fraction of sp³-hybridized carbons (Fsp3) is 0.400. The molecule has 0 saturated heterocycles. The molecule has 1 unspecified atom stereocenters. The van der Waals surface area contributed by atoms with E-state index in [2.05, 4.69) is 5.10 Å². The molecule has 0 fully saturated rings. The van der Waals surface area contributed by atoms with Crippen LogP contribution in [0.5, 0.6) is 11.5 Å². The molecule has 1 N–H and O–H groups in total. The molecule has 1 heterocycles. The summed E-state index contributed by atoms with van der Waals surface area (Å²) in [6.07, 6.45) is -0.198. The average Bonchev–Trinajstić information content (AvgIpc) is 2.76. The maximum atomic E-state index is 10.5. The lowest BCUT2D eigenvalue weighted by molar-refractivity contribution is 0.171. The minimum Gasteiger partial charge on any atom is -0.497 e. The second-order valence-corrected chi connectivity index (χ2v) is 4.73. The Kier molecular flexibility index (Phi) is 4.29. The highest BCUT2D eigenvalue weighted by atomic mass is 16.5. The molecule has 1 aromatic carbocycles. The predicted molar refractivity (Wildman–Crippen MR) is 76.2 cm³/mol. The Morgan fingerprint density at radius 1 is 1.25 bits per heavy atom. The number of benzene rings is 1. The standard InChI is InChI=1S/C15H20N2O3/c1-10-7-11(17(2)16-10)8-14(18)13-9-12(19-3)5-6-15(13)20-4/h5-7,9,14,18H,8H2,1-4H3. The van der Waals surface area contributed by atoms with Gasteiger partial charge in [-0.25, -0.2) is 0 Å². The van der Waals surface area contributed by atoms with Crippen LogP contribution in [0.2, 0.25) is 0 Å². The number of hydrogen-bond donors (Lipinski definition) is 1. The third-order valence-electron chi connectivity index (χ3n) is 3.30. The molecule has 1 aromatic heterocycles. The molecule has 0 aliphatic rings. The number of aryl methyl sites for hydroxylation is 2. The van der Waals surface area contributed by atoms with Crippen LogP contribution in [0, 0.1) is 6.92 Å². The van der Waals surface area contributed by atoms with Crippen LogP contribution in [0.25, 0.3) is 0 Å². The lowest BCUT2D eigenvalue weighted by Gasteiger charge is -2.16. The van der Waals surface area contributed by atoms with E-state index in [1.165, 1.54) is 0 Å². The van der Waals surface area contributed by atoms with Gasteiger partial charge in [-0.2, -0.15) is 5.10 Å². The fourth-order valence-electron chi connectivity index (χ4n) is 2.26. The third kappa shape index (κ3) is 2.93. The van der Waals surface area contributed by atoms with Crippen molar-refractivity contribution in [2.75, 3.05) is 14.2 Å². The van der Waals surface area contributed by atoms with E-state index < -0.39 is 6.10 Å². The Morgan fingerprint density at radius 2 is 2.00 bits per heavy atom. The molecule has 2 aromatic rings. The van der Waals surface area contributed by atoms with Gasteiger partial charge in [-0.3, -0.25) is 4.68 Å². The van der Waals surface area contributed by atoms with Crippen molar-refractivity contribution in [3.05, 3.63) is 41.2 Å². The fourth-order valence-corrected chi connectivity index (χ4v) is 2.26. The molecule has 0 amide bonds. The van der Waals surface area contributed by atoms with Gasteiger partial charge in [-0.15, -0.1) is 0 Å². The lowest BCUT2D eigenvalue weighted by Crippen LogP contribution is -2.08. The average molecular weight is 276 g/mol. The lowest BCUT2D eigenvalue weighted by atomic mass is 10.0. The van der Waals surface area contributed by atoms with Crippen molar-refractivity contribution in [3.8, 4) is 11.5 Å². The summed E-state index contributed by atoms with van der Waals surface area (Å²) in [7, 11) is 5.06. The second-order valence-electron chi connectivity index (χ2n) is 4.73. The first-order valence-electron chi connectivity index (χ1n) is 6.44. The summed E-state index contributed by atoms with van der Waals surface area (Å²) >= 11 is 0. The largest absolute Gasteiger partial charge is 0.497 e. The van der Waals surface area contributed by atoms with Gasteiger partial charge in [-0.05, 0) is 31.2 Å². The maximum Gasteiger partial charge on any atom is 0.124 e. The van der Waals surface area contributed by atoms with Crippen molar-refractivity contribution in [1.82, 2.24) is 9.78 Å². The predicted octanol–water partition coefficient (Wildman–Crippen LogP) is 2.02. The van der Waals surface area contributed by atoms with E-state index >= 15 is 0 Å². The molecule has 2 rings (SSSR count). The molecule has 108 valence electrons. The van der Waals surface area contributed by atoms with Crippen molar-refractivity contribution in [2.45, 2.75) is 19.4 Å². The monoisotopic (exact) mass is 276 g/mol. The molecule has 0 aliphatic carbocycles. The van der Waals surface area contributed by atoms with Gasteiger partial charge >= 0.3 is 0 Å². The zero-order valence-corrected chi connectivity index (χ0v) is 12.3. The van der Waals surface area contributed by atoms with Gasteiger partial charge in [0, 0.05) is 24.7 Å². The SMILES string of the molecule is COc1ccc(OC)c(C(O)Cc2cc(C)nn2C)c1. The van der Waals surface area contributed by atoms with E-state index in [-0.39, 0.29) is 0 Å². The number of aromatic nitrogens is 2. The van der Waals surface area contributed by atoms with Crippen LogP contribution in [0.4, 0.5) is 0 Å². The first-order chi connectivity index (χ1) is 9.55. The molecule has 0 bridgehead atoms. The maximum absolute atomic E-state index is 10.5. The number of aliphatic hydroxyl groups excluding tert-OH is 1. The molecule has 0 radical (unpaired) electrons. The number of hydrogen-bond acceptors (Lipinski definition) is 4. The van der Waals surface area contributed by atoms with Crippen molar-refractivity contribution >= 4 is 0 Å². The Bertz CT molecular complexity index is 593. The molecule has 0 spiro atoms. The van der Waals surface area contributed by atoms with Gasteiger partial charge in [-0.1, -0.05) is 0 Å². The smallest absolute Gasteiger partial charge is 0.124 e. The Labute approximate surface area is 118 Å². The zero-order valence-electron chi connectivity index (χ0n) is 12.3. The summed E-state index contributed by atoms with van der Waals surface area (Å²) in [5.74, 6) is 1.35. The van der Waals surface area contributed by atoms with Crippen molar-refractivity contribution in [1.29, 1.82) is 0 Å². The number of aliphatic hydroxyl groups is 1. The van der Waals surface area contributed by atoms with Crippen LogP contribution in [0.3, 0.4) is 0 Å². The number of rotatable bonds is 5. The molecular formula is C15H20N2O3. The second kappa shape index (κ2) is 5.96. The van der Waals surface area contributed by atoms with E-state index in [0.29, 0.717) is 23.5 Å². The van der Waals surface area contributed by atoms with Gasteiger partial charge in [0.2, 0.25) is 0 Å². The van der Waals surface area contributed by atoms with E-state index in [9.17, 15) is 5.11 Å². The highest BCUT2D eigenvalue weighted by Gasteiger charge is 2.17. The van der Waals surface area contributed by atoms with Gasteiger partial charge in [0.25, 0.3) is 0 Å². The van der Waals surface area contributed by atoms with Gasteiger partial charge in [0.15, 0.2) is 0 Å². The van der Waals surface area contributed by atoms with E-state index in [1.807, 2.05) is 26.1 Å². The molecule has 0 saturated carbocycles. The summed E-state index contributed by atoms with van der Waals surface area (Å²) in [5.41, 5.74) is 2.62. The van der Waals surface area contributed by atoms with E-state index in [1.54, 1.807) is 31.0 Å². The van der Waals surface area contributed by atoms with E-state index in [0.717, 1.165) is 11.4 Å². The summed E-state index contributed by atoms with van der Waals surface area (Å²) in [4.78, 5) is 0. The first-order valence-corrected chi connectivity index (χ1v) is 6.44. The Balaban J connectivity index is 2.28. The van der Waals surface area contributed by atoms with Crippen LogP contribution < -0.4 is 9.47 Å². The highest BCUT2D eigenvalue weighted by molar-refractivity contribution is 5.42. The summed E-state index contributed by atoms with van der Waals surface area (Å²) in [5, 5.41) is 14.7. The molecule has 20 heavy (non-hydrogen) atoms. The molecule has 0 aliphatic heterocycles. The van der Waals surface area contributed by atoms with Crippen molar-refractivity contribution in [2.24, 2.45) is 7.05 Å². The molecule has 1 atom stereocenters. The van der Waals surface area contributed by atoms with Crippen LogP contribution in [0.1, 0.15) is 23.1 Å². The highest BCUT2D eigenvalue weighted by Crippen LogP contribution is 2.31. The topological polar surface area (TPSA) is 56.5 Å². The van der Waals surface area contributed by atoms with Gasteiger partial charge < -0.3 is 14.6 Å². The Hall–Kier alpha value is -2.01. The van der Waals surface area contributed by atoms with Crippen LogP contribution in [0.15, 0.2) is 24.3 Å². The number of ether oxygens (including phenoxy) is 2. The summed E-state index contributed by atoms with van der Waals surface area (Å²) in [6.45, 7) is 1.93. The third-order valence-corrected chi connectivity index (χ3v) is 3.30. The van der Waals surface area contributed by atoms with Crippen molar-refractivity contribution in [3.63, 3.8) is 0 Å². The van der Waals surface area contributed by atoms with Crippen LogP contribution >= 0.6 is 0 Å². The minimum atomic E-state index is -0.671. The Morgan fingerprint density at radius 3 is 2.55 bits per heavy atom. The minimum absolute atomic E-state index is 0.473. The van der Waals surface area contributed by atoms with Crippen molar-refractivity contribution < 1.29 is 14.6 Å². The molecule has 5 nitrogen and oxygen atoms in total. The van der Waals surface area contributed by atoms with E-state index in [4.69, 9.17) is 9.47 Å². The zero-order chi connectivity index (χ0) is 14.7. The normalized spacial score (nSPS) is 12.2. The van der Waals surface area contributed by atoms with Gasteiger partial charge in [0.05, 0.1) is 26.0 Å². The quantitative estimate of drug-likeness (QED) is 0.907.